The molecule has 1 aromatic carbocycles. The molecule has 0 unspecified atom stereocenters. The molecular formula is C15H24OSi. The highest BCUT2D eigenvalue weighted by molar-refractivity contribution is 6.90. The van der Waals surface area contributed by atoms with Gasteiger partial charge in [-0.1, -0.05) is 48.6 Å². The fraction of sp³-hybridized carbons (Fsp3) is 0.600. The van der Waals surface area contributed by atoms with Crippen LogP contribution in [0.4, 0.5) is 0 Å². The van der Waals surface area contributed by atoms with Gasteiger partial charge >= 0.3 is 0 Å². The average Bonchev–Trinajstić information content (AvgIpc) is 2.58. The van der Waals surface area contributed by atoms with Crippen molar-refractivity contribution in [3.8, 4) is 0 Å². The first-order chi connectivity index (χ1) is 7.91. The van der Waals surface area contributed by atoms with E-state index in [1.165, 1.54) is 18.9 Å². The zero-order valence-corrected chi connectivity index (χ0v) is 12.5. The van der Waals surface area contributed by atoms with E-state index in [2.05, 4.69) is 57.3 Å². The maximum Gasteiger partial charge on any atom is 0.0834 e. The molecule has 1 aliphatic rings. The quantitative estimate of drug-likeness (QED) is 0.743. The summed E-state index contributed by atoms with van der Waals surface area (Å²) in [6.07, 6.45) is 2.88. The van der Waals surface area contributed by atoms with E-state index in [9.17, 15) is 0 Å². The SMILES string of the molecule is C[C@H]1CC[C@](C)(C[Si](C)(C)c2ccccc2)O1. The number of hydrogen-bond acceptors (Lipinski definition) is 1. The summed E-state index contributed by atoms with van der Waals surface area (Å²) in [7, 11) is -1.37. The molecule has 2 atom stereocenters. The van der Waals surface area contributed by atoms with Crippen LogP contribution < -0.4 is 5.19 Å². The highest BCUT2D eigenvalue weighted by atomic mass is 28.3. The maximum absolute atomic E-state index is 6.14. The summed E-state index contributed by atoms with van der Waals surface area (Å²) in [5, 5.41) is 1.55. The van der Waals surface area contributed by atoms with Crippen molar-refractivity contribution in [2.45, 2.75) is 57.5 Å². The molecule has 1 fully saturated rings. The van der Waals surface area contributed by atoms with Gasteiger partial charge in [-0.2, -0.15) is 0 Å². The second kappa shape index (κ2) is 4.58. The van der Waals surface area contributed by atoms with Gasteiger partial charge in [0.1, 0.15) is 0 Å². The summed E-state index contributed by atoms with van der Waals surface area (Å²) < 4.78 is 6.14. The Morgan fingerprint density at radius 3 is 2.47 bits per heavy atom. The third-order valence-corrected chi connectivity index (χ3v) is 7.46. The van der Waals surface area contributed by atoms with E-state index in [-0.39, 0.29) is 5.60 Å². The molecule has 1 aromatic rings. The second-order valence-electron chi connectivity index (χ2n) is 6.34. The van der Waals surface area contributed by atoms with Gasteiger partial charge in [0.25, 0.3) is 0 Å². The number of rotatable bonds is 3. The molecule has 0 bridgehead atoms. The highest BCUT2D eigenvalue weighted by Gasteiger charge is 2.40. The molecule has 1 heterocycles. The minimum absolute atomic E-state index is 0.116. The maximum atomic E-state index is 6.14. The topological polar surface area (TPSA) is 9.23 Å². The largest absolute Gasteiger partial charge is 0.373 e. The summed E-state index contributed by atoms with van der Waals surface area (Å²) in [4.78, 5) is 0. The Balaban J connectivity index is 2.12. The summed E-state index contributed by atoms with van der Waals surface area (Å²) in [5.74, 6) is 0. The Kier molecular flexibility index (Phi) is 3.46. The molecule has 0 aliphatic carbocycles. The van der Waals surface area contributed by atoms with Gasteiger partial charge in [-0.05, 0) is 32.7 Å². The zero-order chi connectivity index (χ0) is 12.5. The first-order valence-corrected chi connectivity index (χ1v) is 9.85. The lowest BCUT2D eigenvalue weighted by Gasteiger charge is -2.33. The molecular weight excluding hydrogens is 224 g/mol. The summed E-state index contributed by atoms with van der Waals surface area (Å²) in [5.41, 5.74) is 0.116. The molecule has 2 rings (SSSR count). The molecule has 0 N–H and O–H groups in total. The zero-order valence-electron chi connectivity index (χ0n) is 11.5. The summed E-state index contributed by atoms with van der Waals surface area (Å²) in [6.45, 7) is 9.41. The Morgan fingerprint density at radius 2 is 1.94 bits per heavy atom. The molecule has 0 amide bonds. The van der Waals surface area contributed by atoms with Gasteiger partial charge in [-0.25, -0.2) is 0 Å². The lowest BCUT2D eigenvalue weighted by Crippen LogP contribution is -2.47. The van der Waals surface area contributed by atoms with Crippen LogP contribution in [0.25, 0.3) is 0 Å². The van der Waals surface area contributed by atoms with Gasteiger partial charge in [0.2, 0.25) is 0 Å². The Morgan fingerprint density at radius 1 is 1.29 bits per heavy atom. The van der Waals surface area contributed by atoms with Crippen LogP contribution in [0, 0.1) is 0 Å². The Bertz CT molecular complexity index is 374. The smallest absolute Gasteiger partial charge is 0.0834 e. The molecule has 0 radical (unpaired) electrons. The van der Waals surface area contributed by atoms with Crippen molar-refractivity contribution < 1.29 is 4.74 Å². The van der Waals surface area contributed by atoms with Crippen molar-refractivity contribution in [2.24, 2.45) is 0 Å². The second-order valence-corrected chi connectivity index (χ2v) is 11.0. The van der Waals surface area contributed by atoms with Crippen molar-refractivity contribution in [2.75, 3.05) is 0 Å². The molecule has 1 saturated heterocycles. The van der Waals surface area contributed by atoms with E-state index in [4.69, 9.17) is 4.74 Å². The fourth-order valence-electron chi connectivity index (χ4n) is 3.17. The van der Waals surface area contributed by atoms with Crippen LogP contribution in [-0.2, 0) is 4.74 Å². The minimum Gasteiger partial charge on any atom is -0.373 e. The van der Waals surface area contributed by atoms with Crippen LogP contribution >= 0.6 is 0 Å². The van der Waals surface area contributed by atoms with Crippen molar-refractivity contribution in [3.05, 3.63) is 30.3 Å². The van der Waals surface area contributed by atoms with E-state index in [0.717, 1.165) is 0 Å². The fourth-order valence-corrected chi connectivity index (χ4v) is 6.60. The van der Waals surface area contributed by atoms with Crippen molar-refractivity contribution >= 4 is 13.3 Å². The highest BCUT2D eigenvalue weighted by Crippen LogP contribution is 2.36. The molecule has 1 aliphatic heterocycles. The van der Waals surface area contributed by atoms with Crippen LogP contribution in [0.15, 0.2) is 30.3 Å². The van der Waals surface area contributed by atoms with Gasteiger partial charge in [0, 0.05) is 0 Å². The molecule has 17 heavy (non-hydrogen) atoms. The molecule has 1 nitrogen and oxygen atoms in total. The molecule has 0 saturated carbocycles. The van der Waals surface area contributed by atoms with Gasteiger partial charge in [0.05, 0.1) is 19.8 Å². The molecule has 2 heteroatoms. The lowest BCUT2D eigenvalue weighted by molar-refractivity contribution is -0.00738. The number of hydrogen-bond donors (Lipinski definition) is 0. The van der Waals surface area contributed by atoms with Crippen LogP contribution in [0.5, 0.6) is 0 Å². The van der Waals surface area contributed by atoms with Crippen LogP contribution in [0.1, 0.15) is 26.7 Å². The standard InChI is InChI=1S/C15H24OSi/c1-13-10-11-15(2,16-13)12-17(3,4)14-8-6-5-7-9-14/h5-9,13H,10-12H2,1-4H3/t13-,15+/m0/s1. The van der Waals surface area contributed by atoms with Gasteiger partial charge in [-0.3, -0.25) is 0 Å². The van der Waals surface area contributed by atoms with Crippen molar-refractivity contribution in [1.29, 1.82) is 0 Å². The number of benzene rings is 1. The Hall–Kier alpha value is -0.603. The molecule has 0 aromatic heterocycles. The number of ether oxygens (including phenoxy) is 1. The van der Waals surface area contributed by atoms with Gasteiger partial charge in [-0.15, -0.1) is 0 Å². The van der Waals surface area contributed by atoms with Crippen LogP contribution in [0.3, 0.4) is 0 Å². The van der Waals surface area contributed by atoms with E-state index in [0.29, 0.717) is 6.10 Å². The van der Waals surface area contributed by atoms with Crippen LogP contribution in [-0.4, -0.2) is 19.8 Å². The van der Waals surface area contributed by atoms with Gasteiger partial charge < -0.3 is 4.74 Å². The van der Waals surface area contributed by atoms with Gasteiger partial charge in [0.15, 0.2) is 0 Å². The first-order valence-electron chi connectivity index (χ1n) is 6.65. The predicted molar refractivity (Wildman–Crippen MR) is 76.6 cm³/mol. The predicted octanol–water partition coefficient (Wildman–Crippen LogP) is 3.56. The monoisotopic (exact) mass is 248 g/mol. The van der Waals surface area contributed by atoms with Crippen molar-refractivity contribution in [3.63, 3.8) is 0 Å². The first kappa shape index (κ1) is 12.8. The Labute approximate surface area is 106 Å². The van der Waals surface area contributed by atoms with E-state index in [1.54, 1.807) is 5.19 Å². The third kappa shape index (κ3) is 2.99. The van der Waals surface area contributed by atoms with Crippen molar-refractivity contribution in [1.82, 2.24) is 0 Å². The van der Waals surface area contributed by atoms with Crippen LogP contribution in [0.2, 0.25) is 19.1 Å². The lowest BCUT2D eigenvalue weighted by atomic mass is 10.1. The summed E-state index contributed by atoms with van der Waals surface area (Å²) in [6, 6.07) is 12.2. The van der Waals surface area contributed by atoms with E-state index < -0.39 is 8.07 Å². The average molecular weight is 248 g/mol. The van der Waals surface area contributed by atoms with E-state index in [1.807, 2.05) is 0 Å². The van der Waals surface area contributed by atoms with E-state index >= 15 is 0 Å². The molecule has 94 valence electrons. The molecule has 0 spiro atoms. The third-order valence-electron chi connectivity index (χ3n) is 3.94. The summed E-state index contributed by atoms with van der Waals surface area (Å²) >= 11 is 0. The minimum atomic E-state index is -1.37. The normalized spacial score (nSPS) is 29.5.